The van der Waals surface area contributed by atoms with E-state index in [1.54, 1.807) is 0 Å². The average Bonchev–Trinajstić information content (AvgIpc) is 2.87. The highest BCUT2D eigenvalue weighted by atomic mass is 15.0. The Morgan fingerprint density at radius 3 is 2.00 bits per heavy atom. The summed E-state index contributed by atoms with van der Waals surface area (Å²) in [5.41, 5.74) is 4.23. The summed E-state index contributed by atoms with van der Waals surface area (Å²) >= 11 is 0. The summed E-state index contributed by atoms with van der Waals surface area (Å²) in [5, 5.41) is 0. The highest BCUT2D eigenvalue weighted by molar-refractivity contribution is 5.60. The Morgan fingerprint density at radius 1 is 1.19 bits per heavy atom. The fourth-order valence-electron chi connectivity index (χ4n) is 3.37. The van der Waals surface area contributed by atoms with E-state index < -0.39 is 0 Å². The van der Waals surface area contributed by atoms with Gasteiger partial charge in [-0.1, -0.05) is 38.5 Å². The maximum Gasteiger partial charge on any atom is 0.0944 e. The van der Waals surface area contributed by atoms with E-state index in [-0.39, 0.29) is 11.0 Å². The van der Waals surface area contributed by atoms with E-state index in [0.717, 1.165) is 19.3 Å². The Hall–Kier alpha value is -0.850. The van der Waals surface area contributed by atoms with E-state index >= 15 is 0 Å². The minimum Gasteiger partial charge on any atom is -0.289 e. The lowest BCUT2D eigenvalue weighted by atomic mass is 9.84. The molecule has 1 saturated carbocycles. The van der Waals surface area contributed by atoms with Crippen molar-refractivity contribution in [3.8, 4) is 0 Å². The third kappa shape index (κ3) is 1.27. The summed E-state index contributed by atoms with van der Waals surface area (Å²) in [6.07, 6.45) is 3.21. The summed E-state index contributed by atoms with van der Waals surface area (Å²) in [5.74, 6) is 0. The van der Waals surface area contributed by atoms with Crippen LogP contribution < -0.4 is 0 Å². The van der Waals surface area contributed by atoms with Gasteiger partial charge in [0.05, 0.1) is 5.54 Å². The van der Waals surface area contributed by atoms with Crippen LogP contribution in [0.5, 0.6) is 0 Å². The largest absolute Gasteiger partial charge is 0.289 e. The molecule has 0 radical (unpaired) electrons. The third-order valence-corrected chi connectivity index (χ3v) is 4.78. The molecule has 1 nitrogen and oxygen atoms in total. The molecule has 0 spiro atoms. The molecule has 0 N–H and O–H groups in total. The summed E-state index contributed by atoms with van der Waals surface area (Å²) in [7, 11) is 0. The first-order valence-electron chi connectivity index (χ1n) is 6.33. The Balaban J connectivity index is 3.28. The second-order valence-corrected chi connectivity index (χ2v) is 4.87. The van der Waals surface area contributed by atoms with Crippen LogP contribution in [0.25, 0.3) is 0 Å². The van der Waals surface area contributed by atoms with E-state index in [2.05, 4.69) is 52.9 Å². The second-order valence-electron chi connectivity index (χ2n) is 4.87. The molecule has 1 aliphatic carbocycles. The zero-order valence-electron chi connectivity index (χ0n) is 11.5. The molecule has 1 fully saturated rings. The molecule has 90 valence electrons. The topological polar surface area (TPSA) is 12.4 Å². The molecule has 0 aromatic rings. The van der Waals surface area contributed by atoms with Gasteiger partial charge >= 0.3 is 0 Å². The van der Waals surface area contributed by atoms with Crippen LogP contribution in [0.15, 0.2) is 28.3 Å². The molecule has 1 aliphatic rings. The van der Waals surface area contributed by atoms with Gasteiger partial charge in [0.2, 0.25) is 0 Å². The predicted molar refractivity (Wildman–Crippen MR) is 73.1 cm³/mol. The lowest BCUT2D eigenvalue weighted by molar-refractivity contribution is 0.453. The number of aliphatic imine (C=N–C) groups is 1. The average molecular weight is 219 g/mol. The van der Waals surface area contributed by atoms with Crippen LogP contribution in [-0.2, 0) is 0 Å². The Kier molecular flexibility index (Phi) is 3.47. The monoisotopic (exact) mass is 219 g/mol. The van der Waals surface area contributed by atoms with Crippen LogP contribution in [0.2, 0.25) is 0 Å². The third-order valence-electron chi connectivity index (χ3n) is 4.78. The second kappa shape index (κ2) is 4.20. The first kappa shape index (κ1) is 13.2. The molecular formula is C15H25N. The minimum atomic E-state index is -0.0811. The van der Waals surface area contributed by atoms with Crippen LogP contribution in [0, 0.1) is 5.41 Å². The van der Waals surface area contributed by atoms with Gasteiger partial charge in [-0.2, -0.15) is 0 Å². The van der Waals surface area contributed by atoms with Crippen LogP contribution in [0.3, 0.4) is 0 Å². The first-order chi connectivity index (χ1) is 7.48. The quantitative estimate of drug-likeness (QED) is 0.475. The fraction of sp³-hybridized carbons (Fsp3) is 0.667. The SMILES string of the molecule is C=NC1(CC)C(=C)C1(CC)/C(C)=C(\C)CC. The molecule has 16 heavy (non-hydrogen) atoms. The lowest BCUT2D eigenvalue weighted by Crippen LogP contribution is -2.19. The molecule has 0 aromatic carbocycles. The first-order valence-corrected chi connectivity index (χ1v) is 6.33. The number of rotatable bonds is 5. The highest BCUT2D eigenvalue weighted by Gasteiger charge is 2.70. The van der Waals surface area contributed by atoms with Gasteiger partial charge < -0.3 is 0 Å². The van der Waals surface area contributed by atoms with Crippen LogP contribution >= 0.6 is 0 Å². The zero-order valence-corrected chi connectivity index (χ0v) is 11.5. The Morgan fingerprint density at radius 2 is 1.75 bits per heavy atom. The smallest absolute Gasteiger partial charge is 0.0944 e. The molecule has 0 aliphatic heterocycles. The van der Waals surface area contributed by atoms with Crippen molar-refractivity contribution >= 4 is 6.72 Å². The fourth-order valence-corrected chi connectivity index (χ4v) is 3.37. The maximum atomic E-state index is 4.41. The molecule has 1 heteroatoms. The normalized spacial score (nSPS) is 34.7. The van der Waals surface area contributed by atoms with Crippen molar-refractivity contribution < 1.29 is 0 Å². The molecule has 0 heterocycles. The van der Waals surface area contributed by atoms with Gasteiger partial charge in [-0.05, 0) is 45.4 Å². The molecule has 0 saturated heterocycles. The maximum absolute atomic E-state index is 4.41. The van der Waals surface area contributed by atoms with Crippen molar-refractivity contribution in [3.63, 3.8) is 0 Å². The van der Waals surface area contributed by atoms with Gasteiger partial charge in [0, 0.05) is 5.41 Å². The summed E-state index contributed by atoms with van der Waals surface area (Å²) in [4.78, 5) is 4.41. The van der Waals surface area contributed by atoms with E-state index in [9.17, 15) is 0 Å². The van der Waals surface area contributed by atoms with E-state index in [0.29, 0.717) is 0 Å². The molecule has 0 aromatic heterocycles. The summed E-state index contributed by atoms with van der Waals surface area (Å²) in [6.45, 7) is 19.2. The van der Waals surface area contributed by atoms with Gasteiger partial charge in [0.25, 0.3) is 0 Å². The minimum absolute atomic E-state index is 0.0811. The summed E-state index contributed by atoms with van der Waals surface area (Å²) < 4.78 is 0. The molecule has 2 unspecified atom stereocenters. The van der Waals surface area contributed by atoms with E-state index in [4.69, 9.17) is 0 Å². The summed E-state index contributed by atoms with van der Waals surface area (Å²) in [6, 6.07) is 0. The van der Waals surface area contributed by atoms with E-state index in [1.807, 2.05) is 0 Å². The number of allylic oxidation sites excluding steroid dienone is 1. The number of hydrogen-bond donors (Lipinski definition) is 0. The molecular weight excluding hydrogens is 194 g/mol. The van der Waals surface area contributed by atoms with Gasteiger partial charge in [0.15, 0.2) is 0 Å². The number of hydrogen-bond acceptors (Lipinski definition) is 1. The molecule has 0 amide bonds. The zero-order chi connectivity index (χ0) is 12.6. The molecule has 1 rings (SSSR count). The molecule has 0 bridgehead atoms. The standard InChI is InChI=1S/C15H25N/c1-8-11(4)12(5)14(9-2)13(6)15(14,10-3)16-7/h6-10H2,1-5H3/b12-11+. The number of nitrogens with zero attached hydrogens (tertiary/aromatic N) is 1. The highest BCUT2D eigenvalue weighted by Crippen LogP contribution is 2.71. The Bertz CT molecular complexity index is 350. The van der Waals surface area contributed by atoms with Crippen molar-refractivity contribution in [2.75, 3.05) is 0 Å². The van der Waals surface area contributed by atoms with Gasteiger partial charge in [0.1, 0.15) is 0 Å². The van der Waals surface area contributed by atoms with Crippen molar-refractivity contribution in [3.05, 3.63) is 23.3 Å². The predicted octanol–water partition coefficient (Wildman–Crippen LogP) is 4.55. The van der Waals surface area contributed by atoms with E-state index in [1.165, 1.54) is 16.7 Å². The van der Waals surface area contributed by atoms with Crippen LogP contribution in [0.4, 0.5) is 0 Å². The van der Waals surface area contributed by atoms with Crippen molar-refractivity contribution in [2.45, 2.75) is 59.4 Å². The molecule has 2 atom stereocenters. The lowest BCUT2D eigenvalue weighted by Gasteiger charge is -2.22. The van der Waals surface area contributed by atoms with Crippen LogP contribution in [-0.4, -0.2) is 12.3 Å². The van der Waals surface area contributed by atoms with Crippen molar-refractivity contribution in [2.24, 2.45) is 10.4 Å². The van der Waals surface area contributed by atoms with Gasteiger partial charge in [-0.3, -0.25) is 4.99 Å². The van der Waals surface area contributed by atoms with Crippen LogP contribution in [0.1, 0.15) is 53.9 Å². The Labute approximate surface area is 100 Å². The van der Waals surface area contributed by atoms with Gasteiger partial charge in [-0.25, -0.2) is 0 Å². The van der Waals surface area contributed by atoms with Crippen molar-refractivity contribution in [1.29, 1.82) is 0 Å². The van der Waals surface area contributed by atoms with Crippen molar-refractivity contribution in [1.82, 2.24) is 0 Å². The van der Waals surface area contributed by atoms with Gasteiger partial charge in [-0.15, -0.1) is 0 Å².